The molecule has 29 heavy (non-hydrogen) atoms. The summed E-state index contributed by atoms with van der Waals surface area (Å²) >= 11 is 1.15. The van der Waals surface area contributed by atoms with Crippen molar-refractivity contribution in [3.8, 4) is 5.75 Å². The number of fused-ring (bicyclic) bond motifs is 1. The van der Waals surface area contributed by atoms with Crippen molar-refractivity contribution < 1.29 is 22.7 Å². The van der Waals surface area contributed by atoms with Crippen LogP contribution in [0.3, 0.4) is 0 Å². The highest BCUT2D eigenvalue weighted by Gasteiger charge is 2.31. The van der Waals surface area contributed by atoms with Crippen LogP contribution in [0.5, 0.6) is 5.75 Å². The molecule has 0 aliphatic carbocycles. The number of hydrogen-bond acceptors (Lipinski definition) is 5. The van der Waals surface area contributed by atoms with E-state index in [1.807, 2.05) is 25.1 Å². The van der Waals surface area contributed by atoms with Crippen molar-refractivity contribution in [3.05, 3.63) is 54.1 Å². The van der Waals surface area contributed by atoms with Crippen LogP contribution in [0.25, 0.3) is 10.2 Å². The second-order valence-electron chi connectivity index (χ2n) is 6.30. The number of carbonyl (C=O) groups is 1. The monoisotopic (exact) mass is 445 g/mol. The molecule has 0 saturated carbocycles. The first-order chi connectivity index (χ1) is 13.2. The number of carbonyl (C=O) groups excluding carboxylic acids is 1. The molecular weight excluding hydrogens is 427 g/mol. The number of benzene rings is 2. The lowest BCUT2D eigenvalue weighted by atomic mass is 10.2. The van der Waals surface area contributed by atoms with E-state index in [2.05, 4.69) is 9.72 Å². The fourth-order valence-electron chi connectivity index (χ4n) is 2.53. The Labute approximate surface area is 176 Å². The van der Waals surface area contributed by atoms with Gasteiger partial charge >= 0.3 is 6.36 Å². The van der Waals surface area contributed by atoms with Crippen molar-refractivity contribution in [2.45, 2.75) is 6.36 Å². The van der Waals surface area contributed by atoms with Gasteiger partial charge in [0.25, 0.3) is 5.91 Å². The van der Waals surface area contributed by atoms with Crippen LogP contribution in [0, 0.1) is 0 Å². The number of ether oxygens (including phenoxy) is 1. The standard InChI is InChI=1S/C19H18F3N3O2S.ClH/c1-24(2)10-11-25(17(26)13-6-4-3-5-7-13)18-23-15-9-8-14(12-16(15)28-18)27-19(20,21)22;/h3-9,12H,10-11H2,1-2H3;1H. The number of amides is 1. The average Bonchev–Trinajstić information content (AvgIpc) is 3.03. The summed E-state index contributed by atoms with van der Waals surface area (Å²) in [6.07, 6.45) is -4.76. The van der Waals surface area contributed by atoms with E-state index in [1.165, 1.54) is 18.2 Å². The van der Waals surface area contributed by atoms with Gasteiger partial charge in [-0.25, -0.2) is 4.98 Å². The van der Waals surface area contributed by atoms with E-state index in [-0.39, 0.29) is 24.1 Å². The summed E-state index contributed by atoms with van der Waals surface area (Å²) in [6, 6.07) is 12.7. The van der Waals surface area contributed by atoms with Crippen LogP contribution in [-0.4, -0.2) is 49.3 Å². The zero-order chi connectivity index (χ0) is 20.3. The summed E-state index contributed by atoms with van der Waals surface area (Å²) in [7, 11) is 3.79. The van der Waals surface area contributed by atoms with Gasteiger partial charge in [-0.15, -0.1) is 25.6 Å². The molecule has 5 nitrogen and oxygen atoms in total. The van der Waals surface area contributed by atoms with Gasteiger partial charge in [0.15, 0.2) is 5.13 Å². The van der Waals surface area contributed by atoms with Gasteiger partial charge in [0.05, 0.1) is 10.2 Å². The molecule has 1 amide bonds. The molecule has 0 radical (unpaired) electrons. The fraction of sp³-hybridized carbons (Fsp3) is 0.263. The molecule has 3 rings (SSSR count). The molecule has 2 aromatic carbocycles. The van der Waals surface area contributed by atoms with E-state index in [0.29, 0.717) is 34.0 Å². The van der Waals surface area contributed by atoms with E-state index < -0.39 is 6.36 Å². The first-order valence-electron chi connectivity index (χ1n) is 8.41. The largest absolute Gasteiger partial charge is 0.573 e. The lowest BCUT2D eigenvalue weighted by Crippen LogP contribution is -2.36. The molecule has 1 aromatic heterocycles. The molecule has 0 bridgehead atoms. The maximum Gasteiger partial charge on any atom is 0.573 e. The third-order valence-electron chi connectivity index (χ3n) is 3.85. The van der Waals surface area contributed by atoms with Crippen LogP contribution in [-0.2, 0) is 0 Å². The summed E-state index contributed by atoms with van der Waals surface area (Å²) in [5, 5.41) is 0.426. The number of anilines is 1. The SMILES string of the molecule is CN(C)CCN(C(=O)c1ccccc1)c1nc2ccc(OC(F)(F)F)cc2s1.Cl. The highest BCUT2D eigenvalue weighted by atomic mass is 35.5. The third-order valence-corrected chi connectivity index (χ3v) is 4.89. The minimum absolute atomic E-state index is 0. The first-order valence-corrected chi connectivity index (χ1v) is 9.22. The summed E-state index contributed by atoms with van der Waals surface area (Å²) in [5.41, 5.74) is 1.02. The Morgan fingerprint density at radius 2 is 1.79 bits per heavy atom. The summed E-state index contributed by atoms with van der Waals surface area (Å²) < 4.78 is 41.8. The summed E-state index contributed by atoms with van der Waals surface area (Å²) in [5.74, 6) is -0.530. The van der Waals surface area contributed by atoms with Crippen molar-refractivity contribution in [2.24, 2.45) is 0 Å². The smallest absolute Gasteiger partial charge is 0.406 e. The predicted octanol–water partition coefficient (Wildman–Crippen LogP) is 4.83. The van der Waals surface area contributed by atoms with Crippen molar-refractivity contribution in [1.82, 2.24) is 9.88 Å². The van der Waals surface area contributed by atoms with Crippen molar-refractivity contribution >= 4 is 45.0 Å². The van der Waals surface area contributed by atoms with Crippen molar-refractivity contribution in [1.29, 1.82) is 0 Å². The van der Waals surface area contributed by atoms with Gasteiger partial charge in [-0.05, 0) is 38.4 Å². The van der Waals surface area contributed by atoms with Crippen LogP contribution in [0.2, 0.25) is 0 Å². The zero-order valence-corrected chi connectivity index (χ0v) is 17.3. The molecule has 0 aliphatic heterocycles. The summed E-state index contributed by atoms with van der Waals surface area (Å²) in [4.78, 5) is 20.9. The van der Waals surface area contributed by atoms with Gasteiger partial charge in [0.1, 0.15) is 5.75 Å². The van der Waals surface area contributed by atoms with E-state index in [0.717, 1.165) is 11.3 Å². The number of hydrogen-bond donors (Lipinski definition) is 0. The van der Waals surface area contributed by atoms with Crippen molar-refractivity contribution in [2.75, 3.05) is 32.1 Å². The van der Waals surface area contributed by atoms with Gasteiger partial charge in [-0.1, -0.05) is 29.5 Å². The van der Waals surface area contributed by atoms with Crippen molar-refractivity contribution in [3.63, 3.8) is 0 Å². The van der Waals surface area contributed by atoms with Crippen LogP contribution >= 0.6 is 23.7 Å². The Hall–Kier alpha value is -2.36. The zero-order valence-electron chi connectivity index (χ0n) is 15.6. The van der Waals surface area contributed by atoms with E-state index in [1.54, 1.807) is 29.2 Å². The number of nitrogens with zero attached hydrogens (tertiary/aromatic N) is 3. The number of aromatic nitrogens is 1. The number of thiazole rings is 1. The predicted molar refractivity (Wildman–Crippen MR) is 110 cm³/mol. The second kappa shape index (κ2) is 9.43. The van der Waals surface area contributed by atoms with E-state index in [9.17, 15) is 18.0 Å². The number of rotatable bonds is 6. The second-order valence-corrected chi connectivity index (χ2v) is 7.31. The number of likely N-dealkylation sites (N-methyl/N-ethyl adjacent to an activating group) is 1. The minimum Gasteiger partial charge on any atom is -0.406 e. The van der Waals surface area contributed by atoms with Gasteiger partial charge < -0.3 is 9.64 Å². The van der Waals surface area contributed by atoms with Gasteiger partial charge in [0.2, 0.25) is 0 Å². The first kappa shape index (κ1) is 22.9. The molecule has 0 unspecified atom stereocenters. The lowest BCUT2D eigenvalue weighted by Gasteiger charge is -2.22. The maximum atomic E-state index is 13.0. The molecule has 0 aliphatic rings. The Kier molecular flexibility index (Phi) is 7.45. The Morgan fingerprint density at radius 1 is 1.10 bits per heavy atom. The molecule has 0 spiro atoms. The molecular formula is C19H19ClF3N3O2S. The molecule has 10 heteroatoms. The highest BCUT2D eigenvalue weighted by molar-refractivity contribution is 7.22. The average molecular weight is 446 g/mol. The highest BCUT2D eigenvalue weighted by Crippen LogP contribution is 2.33. The molecule has 0 saturated heterocycles. The maximum absolute atomic E-state index is 13.0. The number of halogens is 4. The van der Waals surface area contributed by atoms with E-state index >= 15 is 0 Å². The molecule has 0 atom stereocenters. The van der Waals surface area contributed by atoms with Gasteiger partial charge in [-0.2, -0.15) is 0 Å². The fourth-order valence-corrected chi connectivity index (χ4v) is 3.54. The topological polar surface area (TPSA) is 45.7 Å². The Bertz CT molecular complexity index is 964. The normalized spacial score (nSPS) is 11.4. The summed E-state index contributed by atoms with van der Waals surface area (Å²) in [6.45, 7) is 1.00. The third kappa shape index (κ3) is 6.06. The van der Waals surface area contributed by atoms with Gasteiger partial charge in [-0.3, -0.25) is 9.69 Å². The molecule has 3 aromatic rings. The van der Waals surface area contributed by atoms with E-state index in [4.69, 9.17) is 0 Å². The molecule has 1 heterocycles. The van der Waals surface area contributed by atoms with Gasteiger partial charge in [0, 0.05) is 24.7 Å². The minimum atomic E-state index is -4.76. The molecule has 0 N–H and O–H groups in total. The number of alkyl halides is 3. The molecule has 0 fully saturated rings. The Morgan fingerprint density at radius 3 is 2.41 bits per heavy atom. The lowest BCUT2D eigenvalue weighted by molar-refractivity contribution is -0.274. The molecule has 156 valence electrons. The quantitative estimate of drug-likeness (QED) is 0.545. The van der Waals surface area contributed by atoms with Crippen LogP contribution in [0.4, 0.5) is 18.3 Å². The Balaban J connectivity index is 0.00000300. The van der Waals surface area contributed by atoms with Crippen LogP contribution in [0.1, 0.15) is 10.4 Å². The van der Waals surface area contributed by atoms with Crippen LogP contribution in [0.15, 0.2) is 48.5 Å². The van der Waals surface area contributed by atoms with Crippen LogP contribution < -0.4 is 9.64 Å².